The van der Waals surface area contributed by atoms with Gasteiger partial charge in [0.05, 0.1) is 0 Å². The molecular weight excluding hydrogens is 278 g/mol. The lowest BCUT2D eigenvalue weighted by Gasteiger charge is -2.13. The molecule has 0 bridgehead atoms. The predicted molar refractivity (Wildman–Crippen MR) is 82.6 cm³/mol. The number of nitrogens with zero attached hydrogens (tertiary/aromatic N) is 1. The second-order valence-corrected chi connectivity index (χ2v) is 4.74. The first-order valence-electron chi connectivity index (χ1n) is 6.82. The maximum Gasteiger partial charge on any atom is 0.231 e. The highest BCUT2D eigenvalue weighted by Crippen LogP contribution is 2.32. The molecule has 1 aromatic heterocycles. The molecule has 1 aromatic carbocycles. The molecule has 0 fully saturated rings. The number of ketones is 2. The first-order chi connectivity index (χ1) is 10.7. The Balaban J connectivity index is 2.20. The second-order valence-electron chi connectivity index (χ2n) is 4.74. The number of hydrogen-bond donors (Lipinski definition) is 0. The number of carbonyl (C=O) groups excluding carboxylic acids is 2. The molecule has 1 aliphatic rings. The normalized spacial score (nSPS) is 17.9. The van der Waals surface area contributed by atoms with Crippen LogP contribution in [-0.2, 0) is 0 Å². The topological polar surface area (TPSA) is 60.2 Å². The van der Waals surface area contributed by atoms with E-state index in [2.05, 4.69) is 11.6 Å². The van der Waals surface area contributed by atoms with Crippen LogP contribution in [0, 0.1) is 0 Å². The number of carbonyl (C=O) groups is 2. The molecule has 0 unspecified atom stereocenters. The van der Waals surface area contributed by atoms with Crippen molar-refractivity contribution in [1.29, 1.82) is 0 Å². The Morgan fingerprint density at radius 3 is 2.45 bits per heavy atom. The van der Waals surface area contributed by atoms with Crippen LogP contribution in [0.5, 0.6) is 0 Å². The van der Waals surface area contributed by atoms with Gasteiger partial charge >= 0.3 is 0 Å². The minimum atomic E-state index is -0.350. The van der Waals surface area contributed by atoms with Crippen LogP contribution in [0.1, 0.15) is 28.0 Å². The molecule has 4 heteroatoms. The van der Waals surface area contributed by atoms with Gasteiger partial charge in [-0.2, -0.15) is 0 Å². The minimum Gasteiger partial charge on any atom is -0.432 e. The fourth-order valence-corrected chi connectivity index (χ4v) is 2.40. The van der Waals surface area contributed by atoms with Crippen LogP contribution in [0.3, 0.4) is 0 Å². The van der Waals surface area contributed by atoms with E-state index in [4.69, 9.17) is 4.42 Å². The van der Waals surface area contributed by atoms with Crippen molar-refractivity contribution in [3.8, 4) is 11.5 Å². The Hall–Kier alpha value is -3.01. The lowest BCUT2D eigenvalue weighted by Crippen LogP contribution is -2.21. The number of aromatic nitrogens is 1. The SMILES string of the molecule is C=C/C=C1/C(=O)c2oc(-c3ccccc3)nc2C(=O)/C1=C/C. The fourth-order valence-electron chi connectivity index (χ4n) is 2.40. The Bertz CT molecular complexity index is 838. The molecule has 2 aromatic rings. The van der Waals surface area contributed by atoms with E-state index in [0.717, 1.165) is 0 Å². The van der Waals surface area contributed by atoms with Crippen molar-refractivity contribution >= 4 is 11.6 Å². The van der Waals surface area contributed by atoms with E-state index >= 15 is 0 Å². The summed E-state index contributed by atoms with van der Waals surface area (Å²) in [6, 6.07) is 9.16. The van der Waals surface area contributed by atoms with Gasteiger partial charge < -0.3 is 4.42 Å². The maximum absolute atomic E-state index is 12.5. The van der Waals surface area contributed by atoms with Crippen molar-refractivity contribution in [2.75, 3.05) is 0 Å². The van der Waals surface area contributed by atoms with E-state index in [1.165, 1.54) is 12.2 Å². The van der Waals surface area contributed by atoms with Gasteiger partial charge in [-0.1, -0.05) is 43.0 Å². The first-order valence-corrected chi connectivity index (χ1v) is 6.82. The van der Waals surface area contributed by atoms with Crippen molar-refractivity contribution < 1.29 is 14.0 Å². The molecule has 0 atom stereocenters. The fraction of sp³-hybridized carbons (Fsp3) is 0.0556. The zero-order valence-electron chi connectivity index (χ0n) is 12.0. The molecule has 1 aliphatic carbocycles. The van der Waals surface area contributed by atoms with Gasteiger partial charge in [-0.25, -0.2) is 4.98 Å². The second kappa shape index (κ2) is 5.41. The summed E-state index contributed by atoms with van der Waals surface area (Å²) in [6.45, 7) is 5.29. The number of hydrogen-bond acceptors (Lipinski definition) is 4. The number of oxazole rings is 1. The summed E-state index contributed by atoms with van der Waals surface area (Å²) in [7, 11) is 0. The predicted octanol–water partition coefficient (Wildman–Crippen LogP) is 3.78. The highest BCUT2D eigenvalue weighted by atomic mass is 16.4. The molecule has 22 heavy (non-hydrogen) atoms. The number of allylic oxidation sites excluding steroid dienone is 5. The quantitative estimate of drug-likeness (QED) is 0.790. The molecule has 0 radical (unpaired) electrons. The Morgan fingerprint density at radius 1 is 1.09 bits per heavy atom. The van der Waals surface area contributed by atoms with E-state index in [0.29, 0.717) is 11.1 Å². The number of rotatable bonds is 2. The van der Waals surface area contributed by atoms with Gasteiger partial charge in [0.2, 0.25) is 23.2 Å². The van der Waals surface area contributed by atoms with Crippen molar-refractivity contribution in [3.63, 3.8) is 0 Å². The molecule has 4 nitrogen and oxygen atoms in total. The van der Waals surface area contributed by atoms with Crippen molar-refractivity contribution in [1.82, 2.24) is 4.98 Å². The molecular formula is C18H13NO3. The zero-order chi connectivity index (χ0) is 15.7. The van der Waals surface area contributed by atoms with E-state index in [-0.39, 0.29) is 34.5 Å². The summed E-state index contributed by atoms with van der Waals surface area (Å²) in [4.78, 5) is 29.2. The van der Waals surface area contributed by atoms with Crippen LogP contribution in [-0.4, -0.2) is 16.6 Å². The largest absolute Gasteiger partial charge is 0.432 e. The standard InChI is InChI=1S/C18H13NO3/c1-3-8-13-12(4-2)15(20)14-17(16(13)21)22-18(19-14)11-9-6-5-7-10-11/h3-10H,1H2,2H3/b12-4+,13-8+. The molecule has 0 amide bonds. The minimum absolute atomic E-state index is 0.0115. The lowest BCUT2D eigenvalue weighted by molar-refractivity contribution is 0.0952. The number of fused-ring (bicyclic) bond motifs is 1. The average molecular weight is 291 g/mol. The molecule has 0 saturated heterocycles. The summed E-state index contributed by atoms with van der Waals surface area (Å²) in [6.07, 6.45) is 4.60. The highest BCUT2D eigenvalue weighted by molar-refractivity contribution is 6.29. The summed E-state index contributed by atoms with van der Waals surface area (Å²) in [5.41, 5.74) is 1.39. The van der Waals surface area contributed by atoms with E-state index in [1.54, 1.807) is 13.0 Å². The third kappa shape index (κ3) is 2.05. The maximum atomic E-state index is 12.5. The molecule has 0 spiro atoms. The van der Waals surface area contributed by atoms with E-state index in [1.807, 2.05) is 30.3 Å². The van der Waals surface area contributed by atoms with Crippen molar-refractivity contribution in [2.24, 2.45) is 0 Å². The zero-order valence-corrected chi connectivity index (χ0v) is 12.0. The summed E-state index contributed by atoms with van der Waals surface area (Å²) >= 11 is 0. The molecule has 1 heterocycles. The van der Waals surface area contributed by atoms with Gasteiger partial charge in [-0.05, 0) is 19.1 Å². The van der Waals surface area contributed by atoms with E-state index < -0.39 is 0 Å². The van der Waals surface area contributed by atoms with Gasteiger partial charge in [0.25, 0.3) is 0 Å². The van der Waals surface area contributed by atoms with Crippen LogP contribution in [0.25, 0.3) is 11.5 Å². The van der Waals surface area contributed by atoms with Gasteiger partial charge in [0, 0.05) is 16.7 Å². The van der Waals surface area contributed by atoms with Crippen LogP contribution < -0.4 is 0 Å². The van der Waals surface area contributed by atoms with Crippen LogP contribution >= 0.6 is 0 Å². The smallest absolute Gasteiger partial charge is 0.231 e. The Kier molecular flexibility index (Phi) is 3.43. The van der Waals surface area contributed by atoms with Crippen molar-refractivity contribution in [3.05, 3.63) is 77.7 Å². The number of benzene rings is 1. The van der Waals surface area contributed by atoms with Gasteiger partial charge in [-0.3, -0.25) is 9.59 Å². The van der Waals surface area contributed by atoms with Gasteiger partial charge in [0.1, 0.15) is 0 Å². The van der Waals surface area contributed by atoms with Gasteiger partial charge in [0.15, 0.2) is 5.69 Å². The third-order valence-corrected chi connectivity index (χ3v) is 3.42. The van der Waals surface area contributed by atoms with Gasteiger partial charge in [-0.15, -0.1) is 0 Å². The van der Waals surface area contributed by atoms with Crippen molar-refractivity contribution in [2.45, 2.75) is 6.92 Å². The molecule has 3 rings (SSSR count). The van der Waals surface area contributed by atoms with Crippen LogP contribution in [0.2, 0.25) is 0 Å². The number of Topliss-reactive ketones (excluding diaryl/α,β-unsaturated/α-hetero) is 2. The third-order valence-electron chi connectivity index (χ3n) is 3.42. The van der Waals surface area contributed by atoms with Crippen LogP contribution in [0.4, 0.5) is 0 Å². The monoisotopic (exact) mass is 291 g/mol. The Labute approximate surface area is 127 Å². The molecule has 108 valence electrons. The first kappa shape index (κ1) is 13.9. The molecule has 0 aliphatic heterocycles. The lowest BCUT2D eigenvalue weighted by atomic mass is 9.88. The van der Waals surface area contributed by atoms with E-state index in [9.17, 15) is 9.59 Å². The summed E-state index contributed by atoms with van der Waals surface area (Å²) < 4.78 is 5.56. The van der Waals surface area contributed by atoms with Crippen LogP contribution in [0.15, 0.2) is 70.7 Å². The molecule has 0 saturated carbocycles. The highest BCUT2D eigenvalue weighted by Gasteiger charge is 2.37. The summed E-state index contributed by atoms with van der Waals surface area (Å²) in [5.74, 6) is -0.404. The Morgan fingerprint density at radius 2 is 1.82 bits per heavy atom. The summed E-state index contributed by atoms with van der Waals surface area (Å²) in [5, 5.41) is 0. The average Bonchev–Trinajstić information content (AvgIpc) is 2.99. The molecule has 0 N–H and O–H groups in total.